The lowest BCUT2D eigenvalue weighted by Gasteiger charge is -2.21. The van der Waals surface area contributed by atoms with Gasteiger partial charge in [0.2, 0.25) is 0 Å². The molecule has 2 aromatic carbocycles. The Morgan fingerprint density at radius 1 is 1.25 bits per heavy atom. The zero-order valence-electron chi connectivity index (χ0n) is 10.9. The number of rotatable bonds is 3. The first kappa shape index (κ1) is 13.8. The van der Waals surface area contributed by atoms with E-state index in [0.29, 0.717) is 11.1 Å². The van der Waals surface area contributed by atoms with Crippen LogP contribution in [0, 0.1) is 23.5 Å². The molecule has 0 unspecified atom stereocenters. The molecular weight excluding hydrogens is 252 g/mol. The molecule has 0 radical (unpaired) electrons. The zero-order chi connectivity index (χ0) is 14.5. The highest BCUT2D eigenvalue weighted by molar-refractivity contribution is 5.90. The second-order valence-electron chi connectivity index (χ2n) is 4.40. The van der Waals surface area contributed by atoms with Crippen LogP contribution in [0.1, 0.15) is 16.7 Å². The van der Waals surface area contributed by atoms with E-state index in [0.717, 1.165) is 11.1 Å². The van der Waals surface area contributed by atoms with Crippen LogP contribution in [0.4, 0.5) is 5.69 Å². The van der Waals surface area contributed by atoms with Gasteiger partial charge >= 0.3 is 0 Å². The van der Waals surface area contributed by atoms with Crippen molar-refractivity contribution in [3.05, 3.63) is 70.4 Å². The third-order valence-corrected chi connectivity index (χ3v) is 2.89. The van der Waals surface area contributed by atoms with Gasteiger partial charge in [0.25, 0.3) is 0 Å². The lowest BCUT2D eigenvalue weighted by molar-refractivity contribution is 0.296. The summed E-state index contributed by atoms with van der Waals surface area (Å²) >= 11 is 0. The summed E-state index contributed by atoms with van der Waals surface area (Å²) in [4.78, 5) is 0. The normalized spacial score (nSPS) is 11.0. The van der Waals surface area contributed by atoms with E-state index in [-0.39, 0.29) is 10.9 Å². The average molecular weight is 265 g/mol. The van der Waals surface area contributed by atoms with Crippen LogP contribution in [0.2, 0.25) is 0 Å². The van der Waals surface area contributed by atoms with Crippen molar-refractivity contribution >= 4 is 17.3 Å². The Kier molecular flexibility index (Phi) is 4.16. The molecule has 0 aliphatic rings. The summed E-state index contributed by atoms with van der Waals surface area (Å²) in [7, 11) is 0. The fourth-order valence-electron chi connectivity index (χ4n) is 1.81. The Morgan fingerprint density at radius 3 is 2.55 bits per heavy atom. The Morgan fingerprint density at radius 2 is 1.95 bits per heavy atom. The summed E-state index contributed by atoms with van der Waals surface area (Å²) in [5.74, 6) is 0. The molecule has 0 aliphatic carbocycles. The minimum atomic E-state index is -0.199. The highest BCUT2D eigenvalue weighted by Gasteiger charge is 2.01. The number of benzene rings is 2. The number of nitrogens with zero attached hydrogens (tertiary/aromatic N) is 2. The smallest absolute Gasteiger partial charge is 0.0998 e. The minimum absolute atomic E-state index is 0.125. The van der Waals surface area contributed by atoms with E-state index in [4.69, 9.17) is 5.21 Å². The van der Waals surface area contributed by atoms with E-state index in [1.807, 2.05) is 31.2 Å². The van der Waals surface area contributed by atoms with Gasteiger partial charge in [-0.05, 0) is 36.3 Å². The first-order valence-corrected chi connectivity index (χ1v) is 6.05. The van der Waals surface area contributed by atoms with Crippen molar-refractivity contribution in [3.8, 4) is 6.07 Å². The predicted molar refractivity (Wildman–Crippen MR) is 78.7 cm³/mol. The number of anilines is 1. The summed E-state index contributed by atoms with van der Waals surface area (Å²) < 4.78 is 0. The lowest BCUT2D eigenvalue weighted by Crippen LogP contribution is -2.06. The van der Waals surface area contributed by atoms with E-state index in [2.05, 4.69) is 6.07 Å². The van der Waals surface area contributed by atoms with Gasteiger partial charge in [0.15, 0.2) is 0 Å². The zero-order valence-corrected chi connectivity index (χ0v) is 10.9. The van der Waals surface area contributed by atoms with Crippen molar-refractivity contribution in [2.24, 2.45) is 0 Å². The van der Waals surface area contributed by atoms with Crippen LogP contribution in [-0.4, -0.2) is 5.21 Å². The van der Waals surface area contributed by atoms with Crippen molar-refractivity contribution in [3.63, 3.8) is 0 Å². The van der Waals surface area contributed by atoms with Gasteiger partial charge in [0.05, 0.1) is 17.3 Å². The predicted octanol–water partition coefficient (Wildman–Crippen LogP) is 3.75. The van der Waals surface area contributed by atoms with Crippen LogP contribution in [0.25, 0.3) is 11.6 Å². The van der Waals surface area contributed by atoms with Gasteiger partial charge in [0.1, 0.15) is 0 Å². The quantitative estimate of drug-likeness (QED) is 0.521. The molecule has 0 aromatic heterocycles. The van der Waals surface area contributed by atoms with E-state index >= 15 is 0 Å². The van der Waals surface area contributed by atoms with Crippen LogP contribution >= 0.6 is 0 Å². The van der Waals surface area contributed by atoms with Crippen LogP contribution in [0.5, 0.6) is 0 Å². The maximum atomic E-state index is 10.8. The molecule has 0 aliphatic heterocycles. The Bertz CT molecular complexity index is 668. The summed E-state index contributed by atoms with van der Waals surface area (Å²) in [6, 6.07) is 16.2. The highest BCUT2D eigenvalue weighted by atomic mass is 16.8. The number of aryl methyl sites for hydroxylation is 1. The lowest BCUT2D eigenvalue weighted by atomic mass is 10.0. The Balaban J connectivity index is 2.39. The summed E-state index contributed by atoms with van der Waals surface area (Å²) in [5, 5.41) is 28.8. The van der Waals surface area contributed by atoms with Crippen molar-refractivity contribution < 1.29 is 5.21 Å². The molecule has 0 spiro atoms. The summed E-state index contributed by atoms with van der Waals surface area (Å²) in [6.07, 6.45) is 1.68. The Hall–Kier alpha value is -2.61. The molecule has 20 heavy (non-hydrogen) atoms. The molecule has 0 saturated heterocycles. The second kappa shape index (κ2) is 6.02. The molecule has 1 N–H and O–H groups in total. The van der Waals surface area contributed by atoms with E-state index in [9.17, 15) is 10.5 Å². The molecule has 2 rings (SSSR count). The first-order valence-electron chi connectivity index (χ1n) is 6.05. The summed E-state index contributed by atoms with van der Waals surface area (Å²) in [6.45, 7) is 1.98. The third-order valence-electron chi connectivity index (χ3n) is 2.89. The molecule has 4 heteroatoms. The van der Waals surface area contributed by atoms with Gasteiger partial charge in [-0.2, -0.15) is 5.26 Å². The number of hydrogen-bond donors (Lipinski definition) is 1. The highest BCUT2D eigenvalue weighted by Crippen LogP contribution is 2.21. The van der Waals surface area contributed by atoms with Gasteiger partial charge in [-0.15, -0.1) is 0 Å². The topological polar surface area (TPSA) is 70.3 Å². The van der Waals surface area contributed by atoms with E-state index < -0.39 is 0 Å². The number of hydrogen-bond acceptors (Lipinski definition) is 4. The number of allylic oxidation sites excluding steroid dienone is 1. The molecule has 4 nitrogen and oxygen atoms in total. The molecule has 2 aromatic rings. The largest absolute Gasteiger partial charge is 0.733 e. The standard InChI is InChI=1S/C16H13N2O2/c1-12-5-7-14(8-6-12)15(11-17)9-13-3-2-4-16(10-13)18(19)20/h2-10,19H,1H3/q-1/b15-9-. The fraction of sp³-hybridized carbons (Fsp3) is 0.0625. The van der Waals surface area contributed by atoms with Crippen LogP contribution in [0.15, 0.2) is 48.5 Å². The molecule has 0 bridgehead atoms. The Labute approximate surface area is 117 Å². The third kappa shape index (κ3) is 3.23. The van der Waals surface area contributed by atoms with Crippen molar-refractivity contribution in [2.45, 2.75) is 6.92 Å². The average Bonchev–Trinajstić information content (AvgIpc) is 2.46. The van der Waals surface area contributed by atoms with Gasteiger partial charge in [-0.1, -0.05) is 42.0 Å². The van der Waals surface area contributed by atoms with Crippen LogP contribution < -0.4 is 5.23 Å². The van der Waals surface area contributed by atoms with Crippen LogP contribution in [0.3, 0.4) is 0 Å². The maximum Gasteiger partial charge on any atom is 0.0998 e. The molecule has 100 valence electrons. The SMILES string of the molecule is Cc1ccc(/C(C#N)=C\c2cccc(N([O-])O)c2)cc1. The monoisotopic (exact) mass is 265 g/mol. The van der Waals surface area contributed by atoms with E-state index in [1.54, 1.807) is 18.2 Å². The molecule has 0 saturated carbocycles. The minimum Gasteiger partial charge on any atom is -0.733 e. The first-order chi connectivity index (χ1) is 9.60. The van der Waals surface area contributed by atoms with Gasteiger partial charge in [0, 0.05) is 0 Å². The molecule has 0 amide bonds. The van der Waals surface area contributed by atoms with E-state index in [1.165, 1.54) is 12.1 Å². The maximum absolute atomic E-state index is 10.8. The van der Waals surface area contributed by atoms with Gasteiger partial charge < -0.3 is 10.4 Å². The number of nitriles is 1. The van der Waals surface area contributed by atoms with Crippen molar-refractivity contribution in [1.29, 1.82) is 5.26 Å². The summed E-state index contributed by atoms with van der Waals surface area (Å²) in [5.41, 5.74) is 3.23. The van der Waals surface area contributed by atoms with Crippen molar-refractivity contribution in [1.82, 2.24) is 0 Å². The fourth-order valence-corrected chi connectivity index (χ4v) is 1.81. The van der Waals surface area contributed by atoms with Crippen molar-refractivity contribution in [2.75, 3.05) is 5.23 Å². The van der Waals surface area contributed by atoms with Gasteiger partial charge in [-0.3, -0.25) is 5.21 Å². The van der Waals surface area contributed by atoms with Gasteiger partial charge in [-0.25, -0.2) is 0 Å². The molecular formula is C16H13N2O2-. The second-order valence-corrected chi connectivity index (χ2v) is 4.40. The van der Waals surface area contributed by atoms with Crippen LogP contribution in [-0.2, 0) is 0 Å². The molecule has 0 atom stereocenters. The molecule has 0 fully saturated rings. The molecule has 0 heterocycles.